The molecule has 0 N–H and O–H groups in total. The number of nitrogens with zero attached hydrogens (tertiary/aromatic N) is 2. The van der Waals surface area contributed by atoms with E-state index >= 15 is 0 Å². The van der Waals surface area contributed by atoms with E-state index in [-0.39, 0.29) is 0 Å². The molecule has 1 saturated heterocycles. The van der Waals surface area contributed by atoms with Crippen LogP contribution in [0.4, 0.5) is 0 Å². The Balaban J connectivity index is 0. The van der Waals surface area contributed by atoms with Gasteiger partial charge in [0.1, 0.15) is 0 Å². The quantitative estimate of drug-likeness (QED) is 0.664. The minimum absolute atomic E-state index is 0.425. The van der Waals surface area contributed by atoms with Crippen molar-refractivity contribution >= 4 is 0 Å². The lowest BCUT2D eigenvalue weighted by atomic mass is 10.0. The molecule has 0 radical (unpaired) electrons. The van der Waals surface area contributed by atoms with E-state index in [1.807, 2.05) is 13.8 Å². The molecule has 1 heterocycles. The van der Waals surface area contributed by atoms with Crippen LogP contribution in [0.1, 0.15) is 47.5 Å². The molecule has 0 saturated carbocycles. The highest BCUT2D eigenvalue weighted by molar-refractivity contribution is 4.91. The molecule has 0 aromatic carbocycles. The van der Waals surface area contributed by atoms with E-state index < -0.39 is 0 Å². The van der Waals surface area contributed by atoms with Crippen molar-refractivity contribution in [1.29, 1.82) is 0 Å². The third kappa shape index (κ3) is 6.91. The Hall–Kier alpha value is -0.0800. The zero-order chi connectivity index (χ0) is 12.5. The lowest BCUT2D eigenvalue weighted by Crippen LogP contribution is -2.43. The summed E-state index contributed by atoms with van der Waals surface area (Å²) in [6.07, 6.45) is 2.55. The SMILES string of the molecule is CC.CCC.CN1CCC(C)(N(C)C)C1. The molecule has 0 aromatic rings. The van der Waals surface area contributed by atoms with Gasteiger partial charge in [0.25, 0.3) is 0 Å². The summed E-state index contributed by atoms with van der Waals surface area (Å²) in [7, 11) is 6.52. The minimum Gasteiger partial charge on any atom is -0.304 e. The second-order valence-corrected chi connectivity index (χ2v) is 4.59. The highest BCUT2D eigenvalue weighted by Gasteiger charge is 2.33. The average molecular weight is 216 g/mol. The molecule has 2 heteroatoms. The first kappa shape index (κ1) is 17.3. The zero-order valence-electron chi connectivity index (χ0n) is 12.2. The van der Waals surface area contributed by atoms with Gasteiger partial charge in [-0.05, 0) is 41.0 Å². The van der Waals surface area contributed by atoms with E-state index in [0.29, 0.717) is 5.54 Å². The van der Waals surface area contributed by atoms with Gasteiger partial charge in [-0.25, -0.2) is 0 Å². The molecule has 1 aliphatic heterocycles. The minimum atomic E-state index is 0.425. The summed E-state index contributed by atoms with van der Waals surface area (Å²) in [6.45, 7) is 13.0. The molecular formula is C13H32N2. The maximum Gasteiger partial charge on any atom is 0.0314 e. The fourth-order valence-electron chi connectivity index (χ4n) is 1.54. The Bertz CT molecular complexity index is 134. The van der Waals surface area contributed by atoms with Crippen LogP contribution in [-0.2, 0) is 0 Å². The van der Waals surface area contributed by atoms with Crippen LogP contribution in [0.25, 0.3) is 0 Å². The molecule has 1 rings (SSSR count). The van der Waals surface area contributed by atoms with Gasteiger partial charge < -0.3 is 9.80 Å². The molecule has 0 amide bonds. The molecule has 2 nitrogen and oxygen atoms in total. The van der Waals surface area contributed by atoms with Gasteiger partial charge in [-0.15, -0.1) is 0 Å². The molecule has 1 aliphatic rings. The van der Waals surface area contributed by atoms with Crippen molar-refractivity contribution in [2.75, 3.05) is 34.2 Å². The number of hydrogen-bond acceptors (Lipinski definition) is 2. The maximum absolute atomic E-state index is 2.39. The third-order valence-electron chi connectivity index (χ3n) is 2.72. The summed E-state index contributed by atoms with van der Waals surface area (Å²) < 4.78 is 0. The summed E-state index contributed by atoms with van der Waals surface area (Å²) >= 11 is 0. The van der Waals surface area contributed by atoms with Crippen LogP contribution in [0.2, 0.25) is 0 Å². The van der Waals surface area contributed by atoms with Gasteiger partial charge in [-0.2, -0.15) is 0 Å². The Morgan fingerprint density at radius 3 is 1.73 bits per heavy atom. The van der Waals surface area contributed by atoms with E-state index in [2.05, 4.69) is 51.7 Å². The molecule has 0 aliphatic carbocycles. The Kier molecular flexibility index (Phi) is 10.6. The summed E-state index contributed by atoms with van der Waals surface area (Å²) in [5.74, 6) is 0. The number of likely N-dealkylation sites (N-methyl/N-ethyl adjacent to an activating group) is 2. The largest absolute Gasteiger partial charge is 0.304 e. The van der Waals surface area contributed by atoms with Crippen molar-refractivity contribution in [1.82, 2.24) is 9.80 Å². The molecule has 1 fully saturated rings. The number of hydrogen-bond donors (Lipinski definition) is 0. The molecule has 1 unspecified atom stereocenters. The predicted molar refractivity (Wildman–Crippen MR) is 71.5 cm³/mol. The lowest BCUT2D eigenvalue weighted by molar-refractivity contribution is 0.180. The normalized spacial score (nSPS) is 25.4. The van der Waals surface area contributed by atoms with Gasteiger partial charge in [0.15, 0.2) is 0 Å². The molecule has 0 aromatic heterocycles. The van der Waals surface area contributed by atoms with Crippen LogP contribution in [0.15, 0.2) is 0 Å². The van der Waals surface area contributed by atoms with Gasteiger partial charge in [0.05, 0.1) is 0 Å². The standard InChI is InChI=1S/C8H18N2.C3H8.C2H6/c1-8(9(2)3)5-6-10(4)7-8;1-3-2;1-2/h5-7H2,1-4H3;3H2,1-2H3;1-2H3. The van der Waals surface area contributed by atoms with Gasteiger partial charge in [-0.1, -0.05) is 34.1 Å². The smallest absolute Gasteiger partial charge is 0.0314 e. The molecule has 0 bridgehead atoms. The van der Waals surface area contributed by atoms with Gasteiger partial charge >= 0.3 is 0 Å². The van der Waals surface area contributed by atoms with Crippen molar-refractivity contribution < 1.29 is 0 Å². The van der Waals surface area contributed by atoms with E-state index in [1.165, 1.54) is 25.9 Å². The van der Waals surface area contributed by atoms with Gasteiger partial charge in [0, 0.05) is 12.1 Å². The van der Waals surface area contributed by atoms with Crippen LogP contribution < -0.4 is 0 Å². The predicted octanol–water partition coefficient (Wildman–Crippen LogP) is 3.08. The Morgan fingerprint density at radius 1 is 1.20 bits per heavy atom. The van der Waals surface area contributed by atoms with Crippen molar-refractivity contribution in [3.63, 3.8) is 0 Å². The average Bonchev–Trinajstić information content (AvgIpc) is 2.52. The van der Waals surface area contributed by atoms with Crippen LogP contribution in [-0.4, -0.2) is 49.6 Å². The Morgan fingerprint density at radius 2 is 1.60 bits per heavy atom. The lowest BCUT2D eigenvalue weighted by Gasteiger charge is -2.31. The van der Waals surface area contributed by atoms with Crippen LogP contribution in [0, 0.1) is 0 Å². The van der Waals surface area contributed by atoms with Crippen LogP contribution >= 0.6 is 0 Å². The van der Waals surface area contributed by atoms with Gasteiger partial charge in [0.2, 0.25) is 0 Å². The molecule has 1 atom stereocenters. The Labute approximate surface area is 97.6 Å². The van der Waals surface area contributed by atoms with Crippen molar-refractivity contribution in [2.24, 2.45) is 0 Å². The fourth-order valence-corrected chi connectivity index (χ4v) is 1.54. The summed E-state index contributed by atoms with van der Waals surface area (Å²) in [5.41, 5.74) is 0.425. The molecule has 94 valence electrons. The maximum atomic E-state index is 2.39. The monoisotopic (exact) mass is 216 g/mol. The highest BCUT2D eigenvalue weighted by Crippen LogP contribution is 2.23. The first-order valence-electron chi connectivity index (χ1n) is 6.32. The number of likely N-dealkylation sites (tertiary alicyclic amines) is 1. The first-order chi connectivity index (χ1) is 6.96. The molecular weight excluding hydrogens is 184 g/mol. The highest BCUT2D eigenvalue weighted by atomic mass is 15.2. The van der Waals surface area contributed by atoms with Crippen LogP contribution in [0.3, 0.4) is 0 Å². The molecule has 15 heavy (non-hydrogen) atoms. The van der Waals surface area contributed by atoms with Crippen molar-refractivity contribution in [3.05, 3.63) is 0 Å². The topological polar surface area (TPSA) is 6.48 Å². The summed E-state index contributed by atoms with van der Waals surface area (Å²) in [4.78, 5) is 4.72. The fraction of sp³-hybridized carbons (Fsp3) is 1.00. The second kappa shape index (κ2) is 9.17. The zero-order valence-corrected chi connectivity index (χ0v) is 12.2. The van der Waals surface area contributed by atoms with Crippen LogP contribution in [0.5, 0.6) is 0 Å². The van der Waals surface area contributed by atoms with E-state index in [9.17, 15) is 0 Å². The summed E-state index contributed by atoms with van der Waals surface area (Å²) in [6, 6.07) is 0. The van der Waals surface area contributed by atoms with E-state index in [1.54, 1.807) is 0 Å². The van der Waals surface area contributed by atoms with Crippen molar-refractivity contribution in [3.8, 4) is 0 Å². The second-order valence-electron chi connectivity index (χ2n) is 4.59. The first-order valence-corrected chi connectivity index (χ1v) is 6.32. The van der Waals surface area contributed by atoms with Gasteiger partial charge in [-0.3, -0.25) is 0 Å². The van der Waals surface area contributed by atoms with Crippen molar-refractivity contribution in [2.45, 2.75) is 53.0 Å². The van der Waals surface area contributed by atoms with E-state index in [0.717, 1.165) is 0 Å². The van der Waals surface area contributed by atoms with E-state index in [4.69, 9.17) is 0 Å². The summed E-state index contributed by atoms with van der Waals surface area (Å²) in [5, 5.41) is 0. The molecule has 0 spiro atoms. The number of rotatable bonds is 1. The third-order valence-corrected chi connectivity index (χ3v) is 2.72.